The van der Waals surface area contributed by atoms with Crippen LogP contribution in [0.3, 0.4) is 0 Å². The molecule has 1 aliphatic heterocycles. The van der Waals surface area contributed by atoms with Crippen molar-refractivity contribution >= 4 is 11.3 Å². The molecule has 1 fully saturated rings. The normalized spacial score (nSPS) is 21.6. The number of nitrogens with zero attached hydrogens (tertiary/aromatic N) is 1. The van der Waals surface area contributed by atoms with Gasteiger partial charge in [0.25, 0.3) is 0 Å². The van der Waals surface area contributed by atoms with E-state index >= 15 is 0 Å². The monoisotopic (exact) mass is 240 g/mol. The van der Waals surface area contributed by atoms with E-state index in [1.807, 2.05) is 6.20 Å². The molecule has 1 aliphatic rings. The summed E-state index contributed by atoms with van der Waals surface area (Å²) in [5.41, 5.74) is -0.0263. The summed E-state index contributed by atoms with van der Waals surface area (Å²) in [6.45, 7) is 9.33. The quantitative estimate of drug-likeness (QED) is 0.877. The lowest BCUT2D eigenvalue weighted by atomic mass is 10.0. The van der Waals surface area contributed by atoms with Crippen LogP contribution in [0.25, 0.3) is 0 Å². The van der Waals surface area contributed by atoms with Gasteiger partial charge in [0.05, 0.1) is 12.1 Å². The van der Waals surface area contributed by atoms with Gasteiger partial charge in [0, 0.05) is 24.2 Å². The lowest BCUT2D eigenvalue weighted by molar-refractivity contribution is 0.183. The van der Waals surface area contributed by atoms with Crippen molar-refractivity contribution in [1.82, 2.24) is 10.3 Å². The predicted octanol–water partition coefficient (Wildman–Crippen LogP) is 2.31. The maximum Gasteiger partial charge on any atom is 0.112 e. The standard InChI is InChI=1S/C12H20N2OS/c1-9-6-13-11(16-9)12(2,3)14-7-10-4-5-15-8-10/h6,10,14H,4-5,7-8H2,1-3H3. The second kappa shape index (κ2) is 4.82. The molecule has 90 valence electrons. The van der Waals surface area contributed by atoms with E-state index < -0.39 is 0 Å². The number of hydrogen-bond donors (Lipinski definition) is 1. The first-order valence-electron chi connectivity index (χ1n) is 5.83. The SMILES string of the molecule is Cc1cnc(C(C)(C)NCC2CCOC2)s1. The minimum Gasteiger partial charge on any atom is -0.381 e. The van der Waals surface area contributed by atoms with Crippen molar-refractivity contribution in [3.05, 3.63) is 16.1 Å². The van der Waals surface area contributed by atoms with E-state index in [-0.39, 0.29) is 5.54 Å². The van der Waals surface area contributed by atoms with Crippen molar-refractivity contribution in [2.45, 2.75) is 32.7 Å². The fourth-order valence-electron chi connectivity index (χ4n) is 1.86. The highest BCUT2D eigenvalue weighted by Gasteiger charge is 2.25. The Kier molecular flexibility index (Phi) is 3.62. The van der Waals surface area contributed by atoms with Gasteiger partial charge in [-0.25, -0.2) is 4.98 Å². The molecule has 2 rings (SSSR count). The van der Waals surface area contributed by atoms with Crippen LogP contribution in [-0.2, 0) is 10.3 Å². The number of thiazole rings is 1. The number of aromatic nitrogens is 1. The van der Waals surface area contributed by atoms with Crippen LogP contribution in [0, 0.1) is 12.8 Å². The van der Waals surface area contributed by atoms with Gasteiger partial charge in [0.2, 0.25) is 0 Å². The molecule has 3 nitrogen and oxygen atoms in total. The molecule has 0 aromatic carbocycles. The van der Waals surface area contributed by atoms with Crippen LogP contribution < -0.4 is 5.32 Å². The van der Waals surface area contributed by atoms with Crippen LogP contribution in [0.1, 0.15) is 30.2 Å². The smallest absolute Gasteiger partial charge is 0.112 e. The van der Waals surface area contributed by atoms with Gasteiger partial charge in [-0.3, -0.25) is 0 Å². The van der Waals surface area contributed by atoms with Gasteiger partial charge in [0.1, 0.15) is 5.01 Å². The van der Waals surface area contributed by atoms with Gasteiger partial charge >= 0.3 is 0 Å². The summed E-state index contributed by atoms with van der Waals surface area (Å²) < 4.78 is 5.38. The first-order chi connectivity index (χ1) is 7.58. The van der Waals surface area contributed by atoms with E-state index in [2.05, 4.69) is 31.1 Å². The second-order valence-corrected chi connectivity index (χ2v) is 6.25. The Bertz CT molecular complexity index is 343. The average molecular weight is 240 g/mol. The Morgan fingerprint density at radius 2 is 2.44 bits per heavy atom. The van der Waals surface area contributed by atoms with Crippen molar-refractivity contribution < 1.29 is 4.74 Å². The fourth-order valence-corrected chi connectivity index (χ4v) is 2.71. The lowest BCUT2D eigenvalue weighted by Gasteiger charge is -2.25. The number of hydrogen-bond acceptors (Lipinski definition) is 4. The van der Waals surface area contributed by atoms with E-state index in [1.165, 1.54) is 16.3 Å². The van der Waals surface area contributed by atoms with Crippen molar-refractivity contribution in [1.29, 1.82) is 0 Å². The fraction of sp³-hybridized carbons (Fsp3) is 0.750. The molecule has 1 aromatic rings. The zero-order valence-corrected chi connectivity index (χ0v) is 11.1. The molecule has 4 heteroatoms. The molecule has 2 heterocycles. The molecule has 1 atom stereocenters. The molecule has 1 N–H and O–H groups in total. The zero-order chi connectivity index (χ0) is 11.6. The third kappa shape index (κ3) is 2.81. The number of nitrogens with one attached hydrogen (secondary N) is 1. The summed E-state index contributed by atoms with van der Waals surface area (Å²) >= 11 is 1.77. The Hall–Kier alpha value is -0.450. The largest absolute Gasteiger partial charge is 0.381 e. The molecule has 16 heavy (non-hydrogen) atoms. The van der Waals surface area contributed by atoms with E-state index in [1.54, 1.807) is 11.3 Å². The summed E-state index contributed by atoms with van der Waals surface area (Å²) in [7, 11) is 0. The third-order valence-corrected chi connectivity index (χ3v) is 4.25. The van der Waals surface area contributed by atoms with Crippen molar-refractivity contribution in [2.75, 3.05) is 19.8 Å². The molecule has 1 aromatic heterocycles. The predicted molar refractivity (Wildman–Crippen MR) is 66.8 cm³/mol. The molecule has 0 amide bonds. The summed E-state index contributed by atoms with van der Waals surface area (Å²) in [6, 6.07) is 0. The summed E-state index contributed by atoms with van der Waals surface area (Å²) in [5, 5.41) is 4.77. The molecule has 0 radical (unpaired) electrons. The van der Waals surface area contributed by atoms with Crippen molar-refractivity contribution in [2.24, 2.45) is 5.92 Å². The summed E-state index contributed by atoms with van der Waals surface area (Å²) in [4.78, 5) is 5.73. The first-order valence-corrected chi connectivity index (χ1v) is 6.65. The van der Waals surface area contributed by atoms with Crippen LogP contribution in [0.15, 0.2) is 6.20 Å². The Labute approximate surface area is 101 Å². The van der Waals surface area contributed by atoms with E-state index in [9.17, 15) is 0 Å². The second-order valence-electron chi connectivity index (χ2n) is 5.01. The molecule has 0 spiro atoms. The topological polar surface area (TPSA) is 34.2 Å². The average Bonchev–Trinajstić information content (AvgIpc) is 2.85. The van der Waals surface area contributed by atoms with E-state index in [0.717, 1.165) is 19.8 Å². The third-order valence-electron chi connectivity index (χ3n) is 3.01. The number of aryl methyl sites for hydroxylation is 1. The zero-order valence-electron chi connectivity index (χ0n) is 10.2. The minimum atomic E-state index is -0.0263. The van der Waals surface area contributed by atoms with E-state index in [0.29, 0.717) is 5.92 Å². The van der Waals surface area contributed by atoms with Crippen LogP contribution in [-0.4, -0.2) is 24.7 Å². The summed E-state index contributed by atoms with van der Waals surface area (Å²) in [5.74, 6) is 0.667. The van der Waals surface area contributed by atoms with Gasteiger partial charge in [-0.1, -0.05) is 0 Å². The number of rotatable bonds is 4. The van der Waals surface area contributed by atoms with Crippen LogP contribution in [0.2, 0.25) is 0 Å². The van der Waals surface area contributed by atoms with Crippen molar-refractivity contribution in [3.63, 3.8) is 0 Å². The highest BCUT2D eigenvalue weighted by Crippen LogP contribution is 2.25. The molecular weight excluding hydrogens is 220 g/mol. The van der Waals surface area contributed by atoms with Crippen LogP contribution in [0.4, 0.5) is 0 Å². The highest BCUT2D eigenvalue weighted by molar-refractivity contribution is 7.11. The molecule has 0 bridgehead atoms. The van der Waals surface area contributed by atoms with Gasteiger partial charge in [-0.05, 0) is 33.1 Å². The molecule has 1 saturated heterocycles. The maximum atomic E-state index is 5.38. The van der Waals surface area contributed by atoms with Gasteiger partial charge in [-0.15, -0.1) is 11.3 Å². The lowest BCUT2D eigenvalue weighted by Crippen LogP contribution is -2.39. The van der Waals surface area contributed by atoms with Gasteiger partial charge < -0.3 is 10.1 Å². The van der Waals surface area contributed by atoms with Gasteiger partial charge in [-0.2, -0.15) is 0 Å². The Morgan fingerprint density at radius 1 is 1.62 bits per heavy atom. The van der Waals surface area contributed by atoms with Crippen LogP contribution in [0.5, 0.6) is 0 Å². The Balaban J connectivity index is 1.91. The van der Waals surface area contributed by atoms with Crippen LogP contribution >= 0.6 is 11.3 Å². The first kappa shape index (κ1) is 12.0. The minimum absolute atomic E-state index is 0.0263. The number of ether oxygens (including phenoxy) is 1. The molecule has 0 saturated carbocycles. The molecule has 1 unspecified atom stereocenters. The Morgan fingerprint density at radius 3 is 3.00 bits per heavy atom. The van der Waals surface area contributed by atoms with Crippen molar-refractivity contribution in [3.8, 4) is 0 Å². The van der Waals surface area contributed by atoms with Gasteiger partial charge in [0.15, 0.2) is 0 Å². The summed E-state index contributed by atoms with van der Waals surface area (Å²) in [6.07, 6.45) is 3.13. The molecule has 0 aliphatic carbocycles. The maximum absolute atomic E-state index is 5.38. The highest BCUT2D eigenvalue weighted by atomic mass is 32.1. The van der Waals surface area contributed by atoms with E-state index in [4.69, 9.17) is 4.74 Å². The molecular formula is C12H20N2OS.